The summed E-state index contributed by atoms with van der Waals surface area (Å²) in [7, 11) is 0. The highest BCUT2D eigenvalue weighted by atomic mass is 14.4. The molecule has 0 unspecified atom stereocenters. The summed E-state index contributed by atoms with van der Waals surface area (Å²) in [5.41, 5.74) is 4.01. The van der Waals surface area contributed by atoms with Crippen LogP contribution >= 0.6 is 0 Å². The molecule has 1 nitrogen and oxygen atoms in total. The average molecular weight is 265 g/mol. The van der Waals surface area contributed by atoms with Gasteiger partial charge in [0.15, 0.2) is 0 Å². The zero-order valence-corrected chi connectivity index (χ0v) is 12.2. The molecule has 0 atom stereocenters. The van der Waals surface area contributed by atoms with Gasteiger partial charge in [-0.2, -0.15) is 0 Å². The molecular formula is C19H23N. The van der Waals surface area contributed by atoms with Gasteiger partial charge >= 0.3 is 0 Å². The Kier molecular flexibility index (Phi) is 5.55. The van der Waals surface area contributed by atoms with Crippen LogP contribution in [0.15, 0.2) is 54.6 Å². The highest BCUT2D eigenvalue weighted by Crippen LogP contribution is 2.17. The summed E-state index contributed by atoms with van der Waals surface area (Å²) in [6.07, 6.45) is 6.14. The first-order valence-electron chi connectivity index (χ1n) is 7.55. The van der Waals surface area contributed by atoms with Crippen molar-refractivity contribution in [3.63, 3.8) is 0 Å². The Morgan fingerprint density at radius 2 is 1.55 bits per heavy atom. The normalized spacial score (nSPS) is 10.4. The van der Waals surface area contributed by atoms with Crippen LogP contribution in [-0.4, -0.2) is 5.71 Å². The van der Waals surface area contributed by atoms with Gasteiger partial charge in [-0.05, 0) is 18.4 Å². The van der Waals surface area contributed by atoms with Crippen LogP contribution < -0.4 is 0 Å². The molecule has 1 heteroatoms. The van der Waals surface area contributed by atoms with Crippen LogP contribution in [0.1, 0.15) is 49.3 Å². The molecule has 0 spiro atoms. The number of hydrogen-bond donors (Lipinski definition) is 1. The van der Waals surface area contributed by atoms with Gasteiger partial charge in [0.1, 0.15) is 0 Å². The molecule has 0 fully saturated rings. The van der Waals surface area contributed by atoms with E-state index in [1.54, 1.807) is 0 Å². The molecule has 104 valence electrons. The Bertz CT molecular complexity index is 543. The first kappa shape index (κ1) is 14.5. The van der Waals surface area contributed by atoms with E-state index in [0.717, 1.165) is 17.5 Å². The number of benzene rings is 2. The van der Waals surface area contributed by atoms with Gasteiger partial charge in [-0.3, -0.25) is 5.41 Å². The first-order valence-corrected chi connectivity index (χ1v) is 7.55. The number of nitrogens with one attached hydrogen (secondary N) is 1. The molecule has 0 heterocycles. The van der Waals surface area contributed by atoms with E-state index in [1.807, 2.05) is 36.4 Å². The average Bonchev–Trinajstić information content (AvgIpc) is 2.52. The molecule has 0 saturated carbocycles. The van der Waals surface area contributed by atoms with Crippen LogP contribution in [-0.2, 0) is 6.42 Å². The van der Waals surface area contributed by atoms with E-state index in [1.165, 1.54) is 31.2 Å². The third-order valence-corrected chi connectivity index (χ3v) is 3.65. The molecular weight excluding hydrogens is 242 g/mol. The Hall–Kier alpha value is -1.89. The van der Waals surface area contributed by atoms with E-state index in [4.69, 9.17) is 5.41 Å². The summed E-state index contributed by atoms with van der Waals surface area (Å²) in [6.45, 7) is 2.24. The van der Waals surface area contributed by atoms with E-state index in [2.05, 4.69) is 25.1 Å². The second kappa shape index (κ2) is 7.64. The molecule has 2 aromatic carbocycles. The topological polar surface area (TPSA) is 23.9 Å². The van der Waals surface area contributed by atoms with Crippen molar-refractivity contribution >= 4 is 5.71 Å². The molecule has 2 rings (SSSR count). The largest absolute Gasteiger partial charge is 0.300 e. The van der Waals surface area contributed by atoms with Gasteiger partial charge in [0, 0.05) is 11.1 Å². The molecule has 0 amide bonds. The Balaban J connectivity index is 2.13. The van der Waals surface area contributed by atoms with E-state index in [0.29, 0.717) is 5.71 Å². The summed E-state index contributed by atoms with van der Waals surface area (Å²) in [5, 5.41) is 8.43. The highest BCUT2D eigenvalue weighted by Gasteiger charge is 2.08. The molecule has 0 saturated heterocycles. The van der Waals surface area contributed by atoms with Gasteiger partial charge in [-0.15, -0.1) is 0 Å². The molecule has 0 aliphatic carbocycles. The third-order valence-electron chi connectivity index (χ3n) is 3.65. The van der Waals surface area contributed by atoms with E-state index >= 15 is 0 Å². The van der Waals surface area contributed by atoms with Crippen molar-refractivity contribution < 1.29 is 0 Å². The minimum Gasteiger partial charge on any atom is -0.300 e. The highest BCUT2D eigenvalue weighted by molar-refractivity contribution is 6.11. The third kappa shape index (κ3) is 3.80. The Morgan fingerprint density at radius 1 is 0.850 bits per heavy atom. The lowest BCUT2D eigenvalue weighted by Gasteiger charge is -2.11. The summed E-state index contributed by atoms with van der Waals surface area (Å²) >= 11 is 0. The Morgan fingerprint density at radius 3 is 2.30 bits per heavy atom. The molecule has 0 bridgehead atoms. The van der Waals surface area contributed by atoms with Crippen LogP contribution in [0, 0.1) is 5.41 Å². The lowest BCUT2D eigenvalue weighted by atomic mass is 9.94. The van der Waals surface area contributed by atoms with Gasteiger partial charge in [-0.25, -0.2) is 0 Å². The number of rotatable bonds is 7. The van der Waals surface area contributed by atoms with Crippen LogP contribution in [0.25, 0.3) is 0 Å². The second-order valence-corrected chi connectivity index (χ2v) is 5.21. The summed E-state index contributed by atoms with van der Waals surface area (Å²) in [6, 6.07) is 18.4. The summed E-state index contributed by atoms with van der Waals surface area (Å²) in [4.78, 5) is 0. The SMILES string of the molecule is CCCCCCc1ccccc1C(=N)c1ccccc1. The van der Waals surface area contributed by atoms with Crippen LogP contribution in [0.4, 0.5) is 0 Å². The monoisotopic (exact) mass is 265 g/mol. The lowest BCUT2D eigenvalue weighted by Crippen LogP contribution is -2.05. The zero-order chi connectivity index (χ0) is 14.2. The van der Waals surface area contributed by atoms with Crippen molar-refractivity contribution in [3.05, 3.63) is 71.3 Å². The minimum atomic E-state index is 0.636. The van der Waals surface area contributed by atoms with E-state index in [-0.39, 0.29) is 0 Å². The summed E-state index contributed by atoms with van der Waals surface area (Å²) < 4.78 is 0. The van der Waals surface area contributed by atoms with Crippen LogP contribution in [0.3, 0.4) is 0 Å². The number of unbranched alkanes of at least 4 members (excludes halogenated alkanes) is 3. The van der Waals surface area contributed by atoms with Crippen molar-refractivity contribution in [3.8, 4) is 0 Å². The number of aryl methyl sites for hydroxylation is 1. The van der Waals surface area contributed by atoms with Crippen molar-refractivity contribution in [2.24, 2.45) is 0 Å². The van der Waals surface area contributed by atoms with Crippen molar-refractivity contribution in [1.82, 2.24) is 0 Å². The fourth-order valence-corrected chi connectivity index (χ4v) is 2.48. The van der Waals surface area contributed by atoms with E-state index in [9.17, 15) is 0 Å². The quantitative estimate of drug-likeness (QED) is 0.524. The van der Waals surface area contributed by atoms with Crippen molar-refractivity contribution in [2.45, 2.75) is 39.0 Å². The molecule has 0 radical (unpaired) electrons. The van der Waals surface area contributed by atoms with Gasteiger partial charge in [0.2, 0.25) is 0 Å². The van der Waals surface area contributed by atoms with Crippen LogP contribution in [0.5, 0.6) is 0 Å². The predicted octanol–water partition coefficient (Wildman–Crippen LogP) is 5.23. The maximum Gasteiger partial charge on any atom is 0.0687 e. The molecule has 1 N–H and O–H groups in total. The van der Waals surface area contributed by atoms with Gasteiger partial charge in [0.25, 0.3) is 0 Å². The smallest absolute Gasteiger partial charge is 0.0687 e. The predicted molar refractivity (Wildman–Crippen MR) is 86.7 cm³/mol. The van der Waals surface area contributed by atoms with Crippen molar-refractivity contribution in [1.29, 1.82) is 5.41 Å². The first-order chi connectivity index (χ1) is 9.83. The standard InChI is InChI=1S/C19H23N/c1-2-3-4-6-11-16-12-9-10-15-18(16)19(20)17-13-7-5-8-14-17/h5,7-10,12-15,20H,2-4,6,11H2,1H3. The fourth-order valence-electron chi connectivity index (χ4n) is 2.48. The van der Waals surface area contributed by atoms with Crippen LogP contribution in [0.2, 0.25) is 0 Å². The van der Waals surface area contributed by atoms with Gasteiger partial charge < -0.3 is 0 Å². The zero-order valence-electron chi connectivity index (χ0n) is 12.2. The van der Waals surface area contributed by atoms with Gasteiger partial charge in [-0.1, -0.05) is 80.8 Å². The molecule has 0 aliphatic heterocycles. The fraction of sp³-hybridized carbons (Fsp3) is 0.316. The molecule has 0 aromatic heterocycles. The van der Waals surface area contributed by atoms with Crippen molar-refractivity contribution in [2.75, 3.05) is 0 Å². The number of hydrogen-bond acceptors (Lipinski definition) is 1. The Labute approximate surface area is 122 Å². The maximum absolute atomic E-state index is 8.43. The summed E-state index contributed by atoms with van der Waals surface area (Å²) in [5.74, 6) is 0. The second-order valence-electron chi connectivity index (χ2n) is 5.21. The molecule has 0 aliphatic rings. The lowest BCUT2D eigenvalue weighted by molar-refractivity contribution is 0.666. The molecule has 20 heavy (non-hydrogen) atoms. The maximum atomic E-state index is 8.43. The van der Waals surface area contributed by atoms with E-state index < -0.39 is 0 Å². The minimum absolute atomic E-state index is 0.636. The molecule has 2 aromatic rings. The van der Waals surface area contributed by atoms with Gasteiger partial charge in [0.05, 0.1) is 5.71 Å².